The van der Waals surface area contributed by atoms with Crippen LogP contribution in [0.2, 0.25) is 5.02 Å². The van der Waals surface area contributed by atoms with Crippen LogP contribution in [-0.2, 0) is 0 Å². The molecule has 0 spiro atoms. The molecule has 0 saturated heterocycles. The summed E-state index contributed by atoms with van der Waals surface area (Å²) in [5, 5.41) is 7.82. The summed E-state index contributed by atoms with van der Waals surface area (Å²) in [5.74, 6) is -0.147. The Hall–Kier alpha value is -4.25. The average Bonchev–Trinajstić information content (AvgIpc) is 3.22. The van der Waals surface area contributed by atoms with E-state index in [0.29, 0.717) is 39.4 Å². The maximum absolute atomic E-state index is 14.4. The highest BCUT2D eigenvalue weighted by Gasteiger charge is 2.54. The van der Waals surface area contributed by atoms with Crippen molar-refractivity contribution in [1.29, 1.82) is 0 Å². The highest BCUT2D eigenvalue weighted by atomic mass is 35.5. The maximum atomic E-state index is 14.4. The molecular formula is C27H19ClF3N7O. The molecule has 196 valence electrons. The van der Waals surface area contributed by atoms with Gasteiger partial charge in [0.1, 0.15) is 11.5 Å². The van der Waals surface area contributed by atoms with Crippen molar-refractivity contribution in [2.45, 2.75) is 31.2 Å². The van der Waals surface area contributed by atoms with Crippen LogP contribution in [0.4, 0.5) is 19.0 Å². The largest absolute Gasteiger partial charge is 0.384 e. The topological polar surface area (TPSA) is 104 Å². The average molecular weight is 550 g/mol. The van der Waals surface area contributed by atoms with Gasteiger partial charge in [-0.15, -0.1) is 5.10 Å². The number of rotatable bonds is 5. The summed E-state index contributed by atoms with van der Waals surface area (Å²) in [4.78, 5) is 21.8. The first-order chi connectivity index (χ1) is 18.8. The third-order valence-corrected chi connectivity index (χ3v) is 7.80. The summed E-state index contributed by atoms with van der Waals surface area (Å²) in [7, 11) is 0. The van der Waals surface area contributed by atoms with Gasteiger partial charge in [0, 0.05) is 52.2 Å². The van der Waals surface area contributed by atoms with Crippen LogP contribution in [0.3, 0.4) is 0 Å². The van der Waals surface area contributed by atoms with Crippen molar-refractivity contribution in [2.75, 3.05) is 5.73 Å². The van der Waals surface area contributed by atoms with E-state index in [2.05, 4.69) is 20.3 Å². The number of allylic oxidation sites excluding steroid dienone is 1. The van der Waals surface area contributed by atoms with Crippen LogP contribution in [0.1, 0.15) is 48.2 Å². The van der Waals surface area contributed by atoms with Gasteiger partial charge in [0.25, 0.3) is 12.0 Å². The summed E-state index contributed by atoms with van der Waals surface area (Å²) >= 11 is 6.29. The predicted octanol–water partition coefficient (Wildman–Crippen LogP) is 5.35. The number of aromatic nitrogens is 5. The van der Waals surface area contributed by atoms with Crippen molar-refractivity contribution in [3.05, 3.63) is 93.1 Å². The Morgan fingerprint density at radius 2 is 1.95 bits per heavy atom. The number of anilines is 1. The number of nitrogen functional groups attached to an aromatic ring is 1. The Morgan fingerprint density at radius 1 is 1.10 bits per heavy atom. The van der Waals surface area contributed by atoms with Crippen molar-refractivity contribution in [1.82, 2.24) is 24.5 Å². The number of hydrogen-bond acceptors (Lipinski definition) is 6. The minimum atomic E-state index is -2.76. The van der Waals surface area contributed by atoms with Gasteiger partial charge in [-0.3, -0.25) is 9.79 Å². The van der Waals surface area contributed by atoms with E-state index in [9.17, 15) is 18.0 Å². The lowest BCUT2D eigenvalue weighted by atomic mass is 9.98. The number of benzene rings is 1. The van der Waals surface area contributed by atoms with E-state index in [1.807, 2.05) is 6.07 Å². The number of alkyl halides is 2. The molecule has 1 fully saturated rings. The Balaban J connectivity index is 1.24. The Kier molecular flexibility index (Phi) is 5.28. The van der Waals surface area contributed by atoms with Gasteiger partial charge in [0.05, 0.1) is 17.9 Å². The van der Waals surface area contributed by atoms with Crippen LogP contribution in [0.5, 0.6) is 0 Å². The van der Waals surface area contributed by atoms with Crippen molar-refractivity contribution in [3.8, 4) is 16.8 Å². The first-order valence-electron chi connectivity index (χ1n) is 12.2. The van der Waals surface area contributed by atoms with E-state index in [4.69, 9.17) is 17.3 Å². The molecule has 3 aliphatic rings. The summed E-state index contributed by atoms with van der Waals surface area (Å²) in [6, 6.07) is 11.3. The lowest BCUT2D eigenvalue weighted by Gasteiger charge is -2.20. The lowest BCUT2D eigenvalue weighted by molar-refractivity contribution is 0.146. The highest BCUT2D eigenvalue weighted by molar-refractivity contribution is 6.31. The second-order valence-electron chi connectivity index (χ2n) is 9.90. The van der Waals surface area contributed by atoms with Gasteiger partial charge >= 0.3 is 0 Å². The zero-order valence-electron chi connectivity index (χ0n) is 20.1. The van der Waals surface area contributed by atoms with Gasteiger partial charge in [-0.05, 0) is 59.9 Å². The normalized spacial score (nSPS) is 21.1. The van der Waals surface area contributed by atoms with Gasteiger partial charge in [0.15, 0.2) is 0 Å². The van der Waals surface area contributed by atoms with Crippen molar-refractivity contribution in [2.24, 2.45) is 10.9 Å². The number of fused-ring (bicyclic) bond motifs is 3. The van der Waals surface area contributed by atoms with E-state index >= 15 is 0 Å². The molecule has 0 amide bonds. The van der Waals surface area contributed by atoms with Crippen LogP contribution >= 0.6 is 11.6 Å². The zero-order chi connectivity index (χ0) is 27.0. The third kappa shape index (κ3) is 3.87. The molecule has 0 unspecified atom stereocenters. The fourth-order valence-electron chi connectivity index (χ4n) is 5.75. The van der Waals surface area contributed by atoms with Crippen molar-refractivity contribution >= 4 is 28.7 Å². The van der Waals surface area contributed by atoms with Gasteiger partial charge < -0.3 is 10.3 Å². The summed E-state index contributed by atoms with van der Waals surface area (Å²) in [5.41, 5.74) is 9.26. The van der Waals surface area contributed by atoms with Crippen LogP contribution in [0.25, 0.3) is 22.4 Å². The number of aliphatic imine (C=N–C) groups is 1. The Labute approximate surface area is 224 Å². The summed E-state index contributed by atoms with van der Waals surface area (Å²) in [6.45, 7) is 0. The van der Waals surface area contributed by atoms with Gasteiger partial charge in [-0.25, -0.2) is 18.4 Å². The number of pyridine rings is 2. The first kappa shape index (κ1) is 23.8. The molecule has 39 heavy (non-hydrogen) atoms. The number of nitrogens with zero attached hydrogens (tertiary/aromatic N) is 6. The molecule has 0 radical (unpaired) electrons. The lowest BCUT2D eigenvalue weighted by Crippen LogP contribution is -2.29. The van der Waals surface area contributed by atoms with Crippen molar-refractivity contribution in [3.63, 3.8) is 0 Å². The molecule has 1 saturated carbocycles. The maximum Gasteiger partial charge on any atom is 0.283 e. The van der Waals surface area contributed by atoms with Crippen LogP contribution in [0.15, 0.2) is 64.6 Å². The number of halogens is 4. The molecule has 3 atom stereocenters. The van der Waals surface area contributed by atoms with E-state index in [-0.39, 0.29) is 29.3 Å². The molecule has 1 aliphatic carbocycles. The van der Waals surface area contributed by atoms with Gasteiger partial charge in [0.2, 0.25) is 5.95 Å². The van der Waals surface area contributed by atoms with Crippen LogP contribution < -0.4 is 11.3 Å². The van der Waals surface area contributed by atoms with E-state index in [1.165, 1.54) is 10.7 Å². The fraction of sp³-hybridized carbons (Fsp3) is 0.222. The van der Waals surface area contributed by atoms with E-state index in [1.54, 1.807) is 41.1 Å². The van der Waals surface area contributed by atoms with Gasteiger partial charge in [-0.1, -0.05) is 16.8 Å². The van der Waals surface area contributed by atoms with E-state index in [0.717, 1.165) is 24.0 Å². The Morgan fingerprint density at radius 3 is 2.72 bits per heavy atom. The molecule has 3 aromatic heterocycles. The molecule has 2 N–H and O–H groups in total. The van der Waals surface area contributed by atoms with Crippen LogP contribution in [-0.4, -0.2) is 30.3 Å². The van der Waals surface area contributed by atoms with E-state index < -0.39 is 18.1 Å². The third-order valence-electron chi connectivity index (χ3n) is 7.57. The molecule has 7 rings (SSSR count). The number of hydrogen-bond donors (Lipinski definition) is 1. The molecule has 2 aliphatic heterocycles. The molecule has 4 aromatic rings. The highest BCUT2D eigenvalue weighted by Crippen LogP contribution is 2.60. The molecule has 0 bridgehead atoms. The fourth-order valence-corrected chi connectivity index (χ4v) is 5.92. The standard InChI is InChI=1S/C27H19ClF3N7O/c28-14-1-3-21(37-11-20(26(29)30)35-36-37)16(8-14)12-6-22-17-9-18(17)25(38(22)24(39)7-12)19-5-13(10-33-19)15-2-4-23(32)34-27(15)31/h1-4,6-8,10-11,17-18,25-26H,5,9H2,(H2,32,34)/t17-,18+,25+/m1/s1. The smallest absolute Gasteiger partial charge is 0.283 e. The Bertz CT molecular complexity index is 1790. The summed E-state index contributed by atoms with van der Waals surface area (Å²) < 4.78 is 43.7. The number of nitrogens with two attached hydrogens (primary N) is 1. The SMILES string of the molecule is Nc1ccc(C2=CN=C([C@@H]3[C@H]4C[C@H]4c4cc(-c5cc(Cl)ccc5-n5cc(C(F)F)nn5)cc(=O)n43)C2)c(F)n1. The molecular weight excluding hydrogens is 531 g/mol. The molecule has 1 aromatic carbocycles. The zero-order valence-corrected chi connectivity index (χ0v) is 20.9. The minimum Gasteiger partial charge on any atom is -0.384 e. The molecule has 8 nitrogen and oxygen atoms in total. The second-order valence-corrected chi connectivity index (χ2v) is 10.3. The van der Waals surface area contributed by atoms with Crippen LogP contribution in [0, 0.1) is 11.9 Å². The monoisotopic (exact) mass is 549 g/mol. The minimum absolute atomic E-state index is 0.102. The predicted molar refractivity (Wildman–Crippen MR) is 140 cm³/mol. The van der Waals surface area contributed by atoms with Gasteiger partial charge in [-0.2, -0.15) is 4.39 Å². The first-order valence-corrected chi connectivity index (χ1v) is 12.6. The summed E-state index contributed by atoms with van der Waals surface area (Å²) in [6.07, 6.45) is 1.34. The second kappa shape index (κ2) is 8.63. The quantitative estimate of drug-likeness (QED) is 0.338. The van der Waals surface area contributed by atoms with Crippen molar-refractivity contribution < 1.29 is 13.2 Å². The molecule has 5 heterocycles. The molecule has 12 heteroatoms.